The first kappa shape index (κ1) is 24.9. The number of aliphatic hydroxyl groups excluding tert-OH is 1. The molecule has 1 N–H and O–H groups in total. The zero-order valence-electron chi connectivity index (χ0n) is 20.7. The number of carbonyl (C=O) groups excluding carboxylic acids is 2. The molecule has 1 fully saturated rings. The second-order valence-electron chi connectivity index (χ2n) is 9.09. The number of nitrogens with zero attached hydrogens (tertiary/aromatic N) is 2. The molecule has 1 aliphatic rings. The number of pyridine rings is 1. The fraction of sp³-hybridized carbons (Fsp3) is 0.129. The Hall–Kier alpha value is -4.78. The average Bonchev–Trinajstić information content (AvgIpc) is 3.18. The van der Waals surface area contributed by atoms with Crippen LogP contribution in [0.4, 0.5) is 4.39 Å². The van der Waals surface area contributed by atoms with E-state index in [2.05, 4.69) is 4.98 Å². The van der Waals surface area contributed by atoms with Gasteiger partial charge in [0.25, 0.3) is 11.7 Å². The van der Waals surface area contributed by atoms with Crippen molar-refractivity contribution in [3.8, 4) is 5.75 Å². The number of rotatable bonds is 7. The molecule has 0 unspecified atom stereocenters. The van der Waals surface area contributed by atoms with Crippen LogP contribution in [0.1, 0.15) is 33.9 Å². The van der Waals surface area contributed by atoms with Crippen LogP contribution in [0.15, 0.2) is 103 Å². The molecular weight excluding hydrogens is 483 g/mol. The molecule has 7 heteroatoms. The van der Waals surface area contributed by atoms with Crippen molar-refractivity contribution >= 4 is 17.4 Å². The number of ether oxygens (including phenoxy) is 1. The summed E-state index contributed by atoms with van der Waals surface area (Å²) in [7, 11) is 0. The summed E-state index contributed by atoms with van der Waals surface area (Å²) in [5.74, 6) is -1.68. The SMILES string of the molecule is Cc1cc(OCc2ccccc2)ccc1C(O)=C1C(=O)C(=O)N(Cc2cccnc2)[C@H]1c1ccc(F)cc1. The van der Waals surface area contributed by atoms with E-state index in [1.54, 1.807) is 49.6 Å². The minimum absolute atomic E-state index is 0.0495. The summed E-state index contributed by atoms with van der Waals surface area (Å²) >= 11 is 0. The van der Waals surface area contributed by atoms with E-state index in [-0.39, 0.29) is 17.9 Å². The summed E-state index contributed by atoms with van der Waals surface area (Å²) < 4.78 is 19.6. The third kappa shape index (κ3) is 5.04. The number of aliphatic hydroxyl groups is 1. The molecule has 0 aliphatic carbocycles. The molecule has 38 heavy (non-hydrogen) atoms. The molecule has 1 atom stereocenters. The first-order chi connectivity index (χ1) is 18.4. The Balaban J connectivity index is 1.52. The topological polar surface area (TPSA) is 79.7 Å². The summed E-state index contributed by atoms with van der Waals surface area (Å²) in [6, 6.07) is 23.1. The highest BCUT2D eigenvalue weighted by Gasteiger charge is 2.46. The Morgan fingerprint density at radius 1 is 0.974 bits per heavy atom. The van der Waals surface area contributed by atoms with E-state index in [1.165, 1.54) is 29.2 Å². The van der Waals surface area contributed by atoms with E-state index in [0.29, 0.717) is 29.0 Å². The van der Waals surface area contributed by atoms with Crippen LogP contribution < -0.4 is 4.74 Å². The maximum Gasteiger partial charge on any atom is 0.295 e. The highest BCUT2D eigenvalue weighted by Crippen LogP contribution is 2.41. The molecular formula is C31H25FN2O4. The maximum atomic E-state index is 13.7. The van der Waals surface area contributed by atoms with Gasteiger partial charge in [0.2, 0.25) is 0 Å². The first-order valence-corrected chi connectivity index (χ1v) is 12.1. The molecule has 0 bridgehead atoms. The van der Waals surface area contributed by atoms with E-state index >= 15 is 0 Å². The van der Waals surface area contributed by atoms with Crippen molar-refractivity contribution in [2.75, 3.05) is 0 Å². The van der Waals surface area contributed by atoms with Crippen LogP contribution >= 0.6 is 0 Å². The van der Waals surface area contributed by atoms with Gasteiger partial charge in [-0.15, -0.1) is 0 Å². The van der Waals surface area contributed by atoms with Gasteiger partial charge in [-0.25, -0.2) is 4.39 Å². The van der Waals surface area contributed by atoms with Crippen LogP contribution in [0, 0.1) is 12.7 Å². The summed E-state index contributed by atoms with van der Waals surface area (Å²) in [6.45, 7) is 2.28. The molecule has 0 spiro atoms. The van der Waals surface area contributed by atoms with E-state index in [0.717, 1.165) is 11.1 Å². The number of halogens is 1. The molecule has 4 aromatic rings. The van der Waals surface area contributed by atoms with E-state index in [1.807, 2.05) is 30.3 Å². The number of ketones is 1. The molecule has 0 radical (unpaired) electrons. The van der Waals surface area contributed by atoms with Gasteiger partial charge in [-0.2, -0.15) is 0 Å². The molecule has 6 nitrogen and oxygen atoms in total. The fourth-order valence-electron chi connectivity index (χ4n) is 4.60. The predicted octanol–water partition coefficient (Wildman–Crippen LogP) is 5.73. The minimum atomic E-state index is -0.899. The lowest BCUT2D eigenvalue weighted by Gasteiger charge is -2.25. The molecule has 1 amide bonds. The Kier molecular flexibility index (Phi) is 7.00. The number of hydrogen-bond acceptors (Lipinski definition) is 5. The van der Waals surface area contributed by atoms with Gasteiger partial charge in [-0.3, -0.25) is 14.6 Å². The lowest BCUT2D eigenvalue weighted by Crippen LogP contribution is -2.29. The largest absolute Gasteiger partial charge is 0.507 e. The van der Waals surface area contributed by atoms with Crippen molar-refractivity contribution < 1.29 is 23.8 Å². The smallest absolute Gasteiger partial charge is 0.295 e. The first-order valence-electron chi connectivity index (χ1n) is 12.1. The normalized spacial score (nSPS) is 16.6. The number of likely N-dealkylation sites (tertiary alicyclic amines) is 1. The van der Waals surface area contributed by atoms with Gasteiger partial charge in [0.1, 0.15) is 23.9 Å². The Morgan fingerprint density at radius 3 is 2.39 bits per heavy atom. The fourth-order valence-corrected chi connectivity index (χ4v) is 4.60. The van der Waals surface area contributed by atoms with Gasteiger partial charge in [0, 0.05) is 24.5 Å². The van der Waals surface area contributed by atoms with Gasteiger partial charge in [-0.05, 0) is 65.6 Å². The van der Waals surface area contributed by atoms with Crippen molar-refractivity contribution in [1.29, 1.82) is 0 Å². The van der Waals surface area contributed by atoms with Gasteiger partial charge in [0.05, 0.1) is 11.6 Å². The molecule has 3 aromatic carbocycles. The zero-order valence-corrected chi connectivity index (χ0v) is 20.7. The Bertz CT molecular complexity index is 1500. The maximum absolute atomic E-state index is 13.7. The van der Waals surface area contributed by atoms with Crippen LogP contribution in [-0.2, 0) is 22.7 Å². The highest BCUT2D eigenvalue weighted by atomic mass is 19.1. The second kappa shape index (κ2) is 10.7. The molecule has 1 aliphatic heterocycles. The lowest BCUT2D eigenvalue weighted by atomic mass is 9.93. The predicted molar refractivity (Wildman–Crippen MR) is 140 cm³/mol. The number of amides is 1. The summed E-state index contributed by atoms with van der Waals surface area (Å²) in [6.07, 6.45) is 3.23. The van der Waals surface area contributed by atoms with Crippen LogP contribution in [0.3, 0.4) is 0 Å². The summed E-state index contributed by atoms with van der Waals surface area (Å²) in [4.78, 5) is 31.9. The number of Topliss-reactive ketones (excluding diaryl/α,β-unsaturated/α-hetero) is 1. The van der Waals surface area contributed by atoms with Gasteiger partial charge in [0.15, 0.2) is 0 Å². The lowest BCUT2D eigenvalue weighted by molar-refractivity contribution is -0.140. The standard InChI is InChI=1S/C31H25FN2O4/c1-20-16-25(38-19-21-6-3-2-4-7-21)13-14-26(20)29(35)27-28(23-9-11-24(32)12-10-23)34(31(37)30(27)36)18-22-8-5-15-33-17-22/h2-17,28,35H,18-19H2,1H3/t28-/m0/s1. The van der Waals surface area contributed by atoms with Crippen LogP contribution in [0.25, 0.3) is 5.76 Å². The number of aromatic nitrogens is 1. The van der Waals surface area contributed by atoms with E-state index in [9.17, 15) is 19.1 Å². The third-order valence-electron chi connectivity index (χ3n) is 6.50. The van der Waals surface area contributed by atoms with Gasteiger partial charge < -0.3 is 14.7 Å². The van der Waals surface area contributed by atoms with Crippen molar-refractivity contribution in [2.45, 2.75) is 26.1 Å². The van der Waals surface area contributed by atoms with E-state index < -0.39 is 23.5 Å². The monoisotopic (exact) mass is 508 g/mol. The highest BCUT2D eigenvalue weighted by molar-refractivity contribution is 6.46. The molecule has 2 heterocycles. The Labute approximate surface area is 219 Å². The zero-order chi connectivity index (χ0) is 26.6. The van der Waals surface area contributed by atoms with Crippen LogP contribution in [-0.4, -0.2) is 26.7 Å². The number of aryl methyl sites for hydroxylation is 1. The van der Waals surface area contributed by atoms with Gasteiger partial charge in [-0.1, -0.05) is 48.5 Å². The molecule has 1 saturated heterocycles. The van der Waals surface area contributed by atoms with Crippen molar-refractivity contribution in [3.05, 3.63) is 137 Å². The third-order valence-corrected chi connectivity index (χ3v) is 6.50. The number of carbonyl (C=O) groups is 2. The number of hydrogen-bond donors (Lipinski definition) is 1. The van der Waals surface area contributed by atoms with Crippen molar-refractivity contribution in [2.24, 2.45) is 0 Å². The molecule has 0 saturated carbocycles. The van der Waals surface area contributed by atoms with E-state index in [4.69, 9.17) is 4.74 Å². The molecule has 190 valence electrons. The quantitative estimate of drug-likeness (QED) is 0.196. The van der Waals surface area contributed by atoms with Gasteiger partial charge >= 0.3 is 0 Å². The molecule has 5 rings (SSSR count). The minimum Gasteiger partial charge on any atom is -0.507 e. The molecule has 1 aromatic heterocycles. The Morgan fingerprint density at radius 2 is 1.71 bits per heavy atom. The van der Waals surface area contributed by atoms with Crippen molar-refractivity contribution in [1.82, 2.24) is 9.88 Å². The summed E-state index contributed by atoms with van der Waals surface area (Å²) in [5.41, 5.74) is 3.28. The van der Waals surface area contributed by atoms with Crippen molar-refractivity contribution in [3.63, 3.8) is 0 Å². The summed E-state index contributed by atoms with van der Waals surface area (Å²) in [5, 5.41) is 11.4. The average molecular weight is 509 g/mol. The van der Waals surface area contributed by atoms with Crippen LogP contribution in [0.2, 0.25) is 0 Å². The van der Waals surface area contributed by atoms with Crippen LogP contribution in [0.5, 0.6) is 5.75 Å². The number of benzene rings is 3. The second-order valence-corrected chi connectivity index (χ2v) is 9.09.